The molecule has 0 aromatic rings. The molecule has 0 saturated heterocycles. The summed E-state index contributed by atoms with van der Waals surface area (Å²) in [5.41, 5.74) is 0. The van der Waals surface area contributed by atoms with Gasteiger partial charge in [0.1, 0.15) is 5.78 Å². The maximum Gasteiger partial charge on any atom is 0.132 e. The Hall–Kier alpha value is -0.330. The van der Waals surface area contributed by atoms with Gasteiger partial charge >= 0.3 is 0 Å². The molecule has 0 amide bonds. The number of carbonyl (C=O) groups excluding carboxylic acids is 1. The molecular formula is C11H20O. The average molecular weight is 168 g/mol. The van der Waals surface area contributed by atoms with Crippen LogP contribution in [0.25, 0.3) is 0 Å². The van der Waals surface area contributed by atoms with Crippen LogP contribution in [-0.2, 0) is 4.79 Å². The molecule has 0 spiro atoms. The summed E-state index contributed by atoms with van der Waals surface area (Å²) in [7, 11) is 0. The number of carbonyl (C=O) groups is 1. The van der Waals surface area contributed by atoms with Crippen molar-refractivity contribution in [2.45, 2.75) is 52.4 Å². The molecule has 0 radical (unpaired) electrons. The van der Waals surface area contributed by atoms with E-state index in [4.69, 9.17) is 0 Å². The minimum Gasteiger partial charge on any atom is -0.300 e. The second-order valence-electron chi connectivity index (χ2n) is 4.27. The lowest BCUT2D eigenvalue weighted by molar-refractivity contribution is -0.118. The summed E-state index contributed by atoms with van der Waals surface area (Å²) in [5, 5.41) is 0. The molecule has 2 aliphatic rings. The van der Waals surface area contributed by atoms with E-state index in [0.717, 1.165) is 18.8 Å². The van der Waals surface area contributed by atoms with Gasteiger partial charge in [-0.2, -0.15) is 0 Å². The highest BCUT2D eigenvalue weighted by Crippen LogP contribution is 2.29. The van der Waals surface area contributed by atoms with Crippen molar-refractivity contribution in [3.05, 3.63) is 0 Å². The van der Waals surface area contributed by atoms with Gasteiger partial charge in [0, 0.05) is 5.92 Å². The van der Waals surface area contributed by atoms with E-state index in [1.807, 2.05) is 0 Å². The van der Waals surface area contributed by atoms with Crippen molar-refractivity contribution >= 4 is 5.78 Å². The zero-order valence-corrected chi connectivity index (χ0v) is 8.31. The van der Waals surface area contributed by atoms with Crippen LogP contribution in [0.4, 0.5) is 0 Å². The molecule has 0 unspecified atom stereocenters. The fourth-order valence-corrected chi connectivity index (χ4v) is 1.62. The third kappa shape index (κ3) is 3.89. The Balaban J connectivity index is 0.000000120. The fraction of sp³-hybridized carbons (Fsp3) is 0.909. The molecule has 0 aromatic heterocycles. The first-order valence-electron chi connectivity index (χ1n) is 5.20. The lowest BCUT2D eigenvalue weighted by Gasteiger charge is -1.91. The van der Waals surface area contributed by atoms with Crippen molar-refractivity contribution in [3.8, 4) is 0 Å². The van der Waals surface area contributed by atoms with E-state index in [1.54, 1.807) is 6.92 Å². The number of hydrogen-bond donors (Lipinski definition) is 0. The number of ketones is 1. The van der Waals surface area contributed by atoms with Crippen LogP contribution in [0, 0.1) is 11.8 Å². The monoisotopic (exact) mass is 168 g/mol. The first-order valence-corrected chi connectivity index (χ1v) is 5.20. The summed E-state index contributed by atoms with van der Waals surface area (Å²) in [6, 6.07) is 0. The Morgan fingerprint density at radius 1 is 1.08 bits per heavy atom. The molecule has 2 rings (SSSR count). The van der Waals surface area contributed by atoms with Crippen LogP contribution in [0.1, 0.15) is 52.4 Å². The largest absolute Gasteiger partial charge is 0.300 e. The van der Waals surface area contributed by atoms with Crippen LogP contribution in [0.15, 0.2) is 0 Å². The number of rotatable bonds is 1. The zero-order valence-electron chi connectivity index (χ0n) is 8.31. The third-order valence-corrected chi connectivity index (χ3v) is 2.80. The van der Waals surface area contributed by atoms with Gasteiger partial charge in [-0.05, 0) is 25.7 Å². The van der Waals surface area contributed by atoms with Crippen molar-refractivity contribution in [2.75, 3.05) is 0 Å². The van der Waals surface area contributed by atoms with Crippen LogP contribution in [-0.4, -0.2) is 5.78 Å². The van der Waals surface area contributed by atoms with Gasteiger partial charge in [0.2, 0.25) is 0 Å². The lowest BCUT2D eigenvalue weighted by atomic mass is 10.2. The molecule has 0 bridgehead atoms. The number of hydrogen-bond acceptors (Lipinski definition) is 1. The van der Waals surface area contributed by atoms with Gasteiger partial charge in [0.05, 0.1) is 0 Å². The summed E-state index contributed by atoms with van der Waals surface area (Å²) in [6.07, 6.45) is 8.24. The summed E-state index contributed by atoms with van der Waals surface area (Å²) in [5.74, 6) is 1.88. The predicted octanol–water partition coefficient (Wildman–Crippen LogP) is 3.18. The van der Waals surface area contributed by atoms with Crippen LogP contribution < -0.4 is 0 Å². The van der Waals surface area contributed by atoms with Gasteiger partial charge in [-0.25, -0.2) is 0 Å². The molecule has 1 nitrogen and oxygen atoms in total. The maximum absolute atomic E-state index is 10.2. The number of Topliss-reactive ketones (excluding diaryl/α,β-unsaturated/α-hetero) is 1. The Bertz CT molecular complexity index is 141. The molecule has 0 N–H and O–H groups in total. The molecule has 12 heavy (non-hydrogen) atoms. The van der Waals surface area contributed by atoms with Crippen molar-refractivity contribution in [1.82, 2.24) is 0 Å². The Labute approximate surface area is 75.5 Å². The second kappa shape index (κ2) is 4.64. The standard InChI is InChI=1S/C6H12.C5H8O/c1-6-4-2-3-5-6;1-4(6)5-2-3-5/h6H,2-5H2,1H3;5H,2-3H2,1H3. The molecule has 70 valence electrons. The van der Waals surface area contributed by atoms with Crippen LogP contribution in [0.5, 0.6) is 0 Å². The van der Waals surface area contributed by atoms with E-state index in [9.17, 15) is 4.79 Å². The quantitative estimate of drug-likeness (QED) is 0.587. The zero-order chi connectivity index (χ0) is 8.97. The molecule has 2 fully saturated rings. The smallest absolute Gasteiger partial charge is 0.132 e. The molecule has 2 saturated carbocycles. The van der Waals surface area contributed by atoms with Gasteiger partial charge < -0.3 is 0 Å². The summed E-state index contributed by atoms with van der Waals surface area (Å²) < 4.78 is 0. The van der Waals surface area contributed by atoms with Crippen molar-refractivity contribution in [2.24, 2.45) is 11.8 Å². The van der Waals surface area contributed by atoms with Crippen molar-refractivity contribution < 1.29 is 4.79 Å². The molecule has 0 aliphatic heterocycles. The van der Waals surface area contributed by atoms with E-state index >= 15 is 0 Å². The van der Waals surface area contributed by atoms with Crippen molar-refractivity contribution in [1.29, 1.82) is 0 Å². The van der Waals surface area contributed by atoms with Gasteiger partial charge in [0.15, 0.2) is 0 Å². The average Bonchev–Trinajstić information content (AvgIpc) is 2.77. The lowest BCUT2D eigenvalue weighted by Crippen LogP contribution is -1.88. The Morgan fingerprint density at radius 3 is 1.67 bits per heavy atom. The first-order chi connectivity index (χ1) is 5.70. The Morgan fingerprint density at radius 2 is 1.58 bits per heavy atom. The molecule has 0 heterocycles. The minimum atomic E-state index is 0.370. The van der Waals surface area contributed by atoms with E-state index < -0.39 is 0 Å². The third-order valence-electron chi connectivity index (χ3n) is 2.80. The second-order valence-corrected chi connectivity index (χ2v) is 4.27. The molecule has 0 atom stereocenters. The van der Waals surface area contributed by atoms with Gasteiger partial charge in [-0.15, -0.1) is 0 Å². The topological polar surface area (TPSA) is 17.1 Å². The van der Waals surface area contributed by atoms with E-state index in [1.165, 1.54) is 25.7 Å². The molecule has 1 heteroatoms. The van der Waals surface area contributed by atoms with E-state index in [0.29, 0.717) is 11.7 Å². The molecule has 0 aromatic carbocycles. The van der Waals surface area contributed by atoms with E-state index in [-0.39, 0.29) is 0 Å². The first kappa shape index (κ1) is 9.76. The summed E-state index contributed by atoms with van der Waals surface area (Å²) >= 11 is 0. The predicted molar refractivity (Wildman–Crippen MR) is 51.0 cm³/mol. The van der Waals surface area contributed by atoms with E-state index in [2.05, 4.69) is 6.92 Å². The highest BCUT2D eigenvalue weighted by molar-refractivity contribution is 5.80. The van der Waals surface area contributed by atoms with Crippen LogP contribution >= 0.6 is 0 Å². The fourth-order valence-electron chi connectivity index (χ4n) is 1.62. The minimum absolute atomic E-state index is 0.370. The Kier molecular flexibility index (Phi) is 3.77. The highest BCUT2D eigenvalue weighted by Gasteiger charge is 2.25. The van der Waals surface area contributed by atoms with Gasteiger partial charge in [-0.1, -0.05) is 32.6 Å². The molecule has 2 aliphatic carbocycles. The summed E-state index contributed by atoms with van der Waals surface area (Å²) in [6.45, 7) is 4.00. The van der Waals surface area contributed by atoms with Gasteiger partial charge in [-0.3, -0.25) is 4.79 Å². The maximum atomic E-state index is 10.2. The van der Waals surface area contributed by atoms with Gasteiger partial charge in [0.25, 0.3) is 0 Å². The highest BCUT2D eigenvalue weighted by atomic mass is 16.1. The van der Waals surface area contributed by atoms with Crippen LogP contribution in [0.3, 0.4) is 0 Å². The summed E-state index contributed by atoms with van der Waals surface area (Å²) in [4.78, 5) is 10.2. The van der Waals surface area contributed by atoms with Crippen molar-refractivity contribution in [3.63, 3.8) is 0 Å². The van der Waals surface area contributed by atoms with Crippen LogP contribution in [0.2, 0.25) is 0 Å². The normalized spacial score (nSPS) is 23.2. The SMILES string of the molecule is CC(=O)C1CC1.CC1CCCC1. The molecular weight excluding hydrogens is 148 g/mol.